The van der Waals surface area contributed by atoms with Crippen LogP contribution >= 0.6 is 11.3 Å². The first kappa shape index (κ1) is 22.7. The lowest BCUT2D eigenvalue weighted by molar-refractivity contribution is -0.287. The Morgan fingerprint density at radius 2 is 1.77 bits per heavy atom. The molecule has 8 nitrogen and oxygen atoms in total. The first-order chi connectivity index (χ1) is 14.6. The molecule has 0 radical (unpaired) electrons. The molecule has 0 spiro atoms. The second-order valence-electron chi connectivity index (χ2n) is 6.62. The molecule has 1 aromatic carbocycles. The fraction of sp³-hybridized carbons (Fsp3) is 0.368. The third-order valence-corrected chi connectivity index (χ3v) is 5.78. The van der Waals surface area contributed by atoms with Crippen molar-refractivity contribution in [3.63, 3.8) is 0 Å². The van der Waals surface area contributed by atoms with E-state index in [9.17, 15) is 27.9 Å². The lowest BCUT2D eigenvalue weighted by Crippen LogP contribution is -2.72. The van der Waals surface area contributed by atoms with Crippen molar-refractivity contribution in [1.29, 1.82) is 0 Å². The summed E-state index contributed by atoms with van der Waals surface area (Å²) >= 11 is 0.918. The van der Waals surface area contributed by atoms with Gasteiger partial charge in [0.05, 0.1) is 32.2 Å². The quantitative estimate of drug-likeness (QED) is 0.573. The Morgan fingerprint density at radius 3 is 2.23 bits per heavy atom. The van der Waals surface area contributed by atoms with E-state index in [0.717, 1.165) is 11.3 Å². The third-order valence-electron chi connectivity index (χ3n) is 4.90. The lowest BCUT2D eigenvalue weighted by atomic mass is 9.78. The zero-order chi connectivity index (χ0) is 23.0. The molecular weight excluding hydrogens is 441 g/mol. The zero-order valence-corrected chi connectivity index (χ0v) is 17.4. The largest absolute Gasteiger partial charge is 0.493 e. The Hall–Kier alpha value is -2.99. The fourth-order valence-corrected chi connectivity index (χ4v) is 4.17. The van der Waals surface area contributed by atoms with Gasteiger partial charge in [0.2, 0.25) is 11.5 Å². The number of hydrogen-bond acceptors (Lipinski definition) is 7. The minimum atomic E-state index is -5.35. The molecule has 31 heavy (non-hydrogen) atoms. The smallest absolute Gasteiger partial charge is 0.437 e. The molecule has 0 aliphatic carbocycles. The molecule has 2 aromatic rings. The number of ketones is 1. The normalized spacial score (nSPS) is 23.5. The molecule has 3 N–H and O–H groups in total. The Bertz CT molecular complexity index is 957. The van der Waals surface area contributed by atoms with Gasteiger partial charge in [-0.15, -0.1) is 11.3 Å². The average molecular weight is 460 g/mol. The minimum Gasteiger partial charge on any atom is -0.493 e. The maximum atomic E-state index is 13.9. The Kier molecular flexibility index (Phi) is 6.05. The first-order valence-electron chi connectivity index (χ1n) is 8.82. The van der Waals surface area contributed by atoms with Crippen molar-refractivity contribution in [1.82, 2.24) is 10.6 Å². The van der Waals surface area contributed by atoms with Crippen molar-refractivity contribution in [2.75, 3.05) is 21.3 Å². The summed E-state index contributed by atoms with van der Waals surface area (Å²) in [5.74, 6) is -2.78. The summed E-state index contributed by atoms with van der Waals surface area (Å²) in [4.78, 5) is 25.2. The van der Waals surface area contributed by atoms with E-state index >= 15 is 0 Å². The molecule has 3 unspecified atom stereocenters. The zero-order valence-electron chi connectivity index (χ0n) is 16.6. The van der Waals surface area contributed by atoms with Gasteiger partial charge in [0.25, 0.3) is 0 Å². The van der Waals surface area contributed by atoms with E-state index < -0.39 is 35.7 Å². The second-order valence-corrected chi connectivity index (χ2v) is 7.57. The number of halogens is 3. The van der Waals surface area contributed by atoms with Gasteiger partial charge in [0.1, 0.15) is 5.92 Å². The van der Waals surface area contributed by atoms with Crippen molar-refractivity contribution in [2.24, 2.45) is 5.92 Å². The van der Waals surface area contributed by atoms with E-state index in [0.29, 0.717) is 0 Å². The number of aliphatic hydroxyl groups is 1. The van der Waals surface area contributed by atoms with Gasteiger partial charge in [0.15, 0.2) is 17.3 Å². The number of ether oxygens (including phenoxy) is 3. The summed E-state index contributed by atoms with van der Waals surface area (Å²) in [6.07, 6.45) is -5.35. The minimum absolute atomic E-state index is 0.0111. The van der Waals surface area contributed by atoms with Crippen LogP contribution in [0.5, 0.6) is 17.2 Å². The molecule has 0 bridgehead atoms. The number of alkyl halides is 3. The number of thiophene rings is 1. The summed E-state index contributed by atoms with van der Waals surface area (Å²) in [5, 5.41) is 15.9. The molecule has 168 valence electrons. The van der Waals surface area contributed by atoms with Crippen LogP contribution in [0.3, 0.4) is 0 Å². The van der Waals surface area contributed by atoms with Gasteiger partial charge in [-0.2, -0.15) is 13.2 Å². The van der Waals surface area contributed by atoms with E-state index in [-0.39, 0.29) is 27.7 Å². The van der Waals surface area contributed by atoms with E-state index in [4.69, 9.17) is 14.2 Å². The van der Waals surface area contributed by atoms with Crippen LogP contribution in [0.25, 0.3) is 0 Å². The molecule has 1 saturated heterocycles. The van der Waals surface area contributed by atoms with Crippen LogP contribution in [-0.2, 0) is 0 Å². The highest BCUT2D eigenvalue weighted by molar-refractivity contribution is 7.12. The number of nitrogens with one attached hydrogen (secondary N) is 2. The average Bonchev–Trinajstić information content (AvgIpc) is 3.25. The lowest BCUT2D eigenvalue weighted by Gasteiger charge is -2.45. The van der Waals surface area contributed by atoms with Crippen molar-refractivity contribution < 1.29 is 42.1 Å². The fourth-order valence-electron chi connectivity index (χ4n) is 3.47. The van der Waals surface area contributed by atoms with Gasteiger partial charge in [-0.1, -0.05) is 6.07 Å². The van der Waals surface area contributed by atoms with Crippen molar-refractivity contribution in [3.8, 4) is 17.2 Å². The van der Waals surface area contributed by atoms with E-state index in [1.54, 1.807) is 0 Å². The van der Waals surface area contributed by atoms with Gasteiger partial charge in [-0.05, 0) is 29.1 Å². The predicted molar refractivity (Wildman–Crippen MR) is 104 cm³/mol. The standard InChI is InChI=1S/C19H19F3N2O6S/c1-28-10-7-9(8-11(29-2)16(10)30-3)14-13(15(25)12-5-4-6-31-12)18(27,19(20,21)22)24-17(26)23-14/h4-8,13-14,27H,1-3H3,(H2,23,24,26). The van der Waals surface area contributed by atoms with Crippen LogP contribution in [0.15, 0.2) is 29.6 Å². The predicted octanol–water partition coefficient (Wildman–Crippen LogP) is 2.88. The second kappa shape index (κ2) is 8.27. The van der Waals surface area contributed by atoms with Crippen LogP contribution < -0.4 is 24.8 Å². The van der Waals surface area contributed by atoms with Crippen LogP contribution in [0, 0.1) is 5.92 Å². The Labute approximate surface area is 178 Å². The van der Waals surface area contributed by atoms with E-state index in [1.165, 1.54) is 56.3 Å². The molecule has 3 rings (SSSR count). The van der Waals surface area contributed by atoms with Gasteiger partial charge in [-0.3, -0.25) is 4.79 Å². The maximum absolute atomic E-state index is 13.9. The summed E-state index contributed by atoms with van der Waals surface area (Å²) in [5.41, 5.74) is -3.77. The van der Waals surface area contributed by atoms with Crippen LogP contribution in [0.4, 0.5) is 18.0 Å². The van der Waals surface area contributed by atoms with Gasteiger partial charge < -0.3 is 30.0 Å². The Balaban J connectivity index is 2.23. The highest BCUT2D eigenvalue weighted by Crippen LogP contribution is 2.47. The number of benzene rings is 1. The number of carbonyl (C=O) groups is 2. The topological polar surface area (TPSA) is 106 Å². The molecule has 2 heterocycles. The third kappa shape index (κ3) is 3.88. The summed E-state index contributed by atoms with van der Waals surface area (Å²) < 4.78 is 57.5. The number of methoxy groups -OCH3 is 3. The van der Waals surface area contributed by atoms with E-state index in [2.05, 4.69) is 5.32 Å². The number of amides is 2. The number of hydrogen-bond donors (Lipinski definition) is 3. The van der Waals surface area contributed by atoms with Gasteiger partial charge in [-0.25, -0.2) is 4.79 Å². The first-order valence-corrected chi connectivity index (χ1v) is 9.70. The highest BCUT2D eigenvalue weighted by Gasteiger charge is 2.66. The summed E-state index contributed by atoms with van der Waals surface area (Å²) in [6, 6.07) is 2.59. The molecule has 1 aliphatic heterocycles. The van der Waals surface area contributed by atoms with Gasteiger partial charge in [0, 0.05) is 0 Å². The molecule has 3 atom stereocenters. The SMILES string of the molecule is COc1cc(C2NC(=O)NC(O)(C(F)(F)F)C2C(=O)c2cccs2)cc(OC)c1OC. The molecule has 0 saturated carbocycles. The molecule has 1 fully saturated rings. The monoisotopic (exact) mass is 460 g/mol. The van der Waals surface area contributed by atoms with Crippen molar-refractivity contribution in [2.45, 2.75) is 17.9 Å². The number of carbonyl (C=O) groups excluding carboxylic acids is 2. The summed E-state index contributed by atoms with van der Waals surface area (Å²) in [6.45, 7) is 0. The Morgan fingerprint density at radius 1 is 1.16 bits per heavy atom. The maximum Gasteiger partial charge on any atom is 0.437 e. The molecular formula is C19H19F3N2O6S. The van der Waals surface area contributed by atoms with Crippen molar-refractivity contribution >= 4 is 23.2 Å². The molecule has 12 heteroatoms. The van der Waals surface area contributed by atoms with Gasteiger partial charge >= 0.3 is 12.2 Å². The number of urea groups is 1. The molecule has 1 aromatic heterocycles. The van der Waals surface area contributed by atoms with E-state index in [1.807, 2.05) is 0 Å². The van der Waals surface area contributed by atoms with Crippen LogP contribution in [0.1, 0.15) is 21.3 Å². The van der Waals surface area contributed by atoms with Crippen LogP contribution in [-0.4, -0.2) is 50.2 Å². The highest BCUT2D eigenvalue weighted by atomic mass is 32.1. The molecule has 2 amide bonds. The number of rotatable bonds is 6. The number of Topliss-reactive ketones (excluding diaryl/α,β-unsaturated/α-hetero) is 1. The van der Waals surface area contributed by atoms with Crippen LogP contribution in [0.2, 0.25) is 0 Å². The van der Waals surface area contributed by atoms with Crippen molar-refractivity contribution in [3.05, 3.63) is 40.1 Å². The summed E-state index contributed by atoms with van der Waals surface area (Å²) in [7, 11) is 3.96. The molecule has 1 aliphatic rings.